The fourth-order valence-corrected chi connectivity index (χ4v) is 2.75. The number of halogens is 1. The molecule has 0 N–H and O–H groups in total. The number of hydrogen-bond donors (Lipinski definition) is 0. The minimum absolute atomic E-state index is 0.222. The van der Waals surface area contributed by atoms with Crippen LogP contribution in [0.1, 0.15) is 29.3 Å². The molecule has 2 rings (SSSR count). The molecule has 0 bridgehead atoms. The molecule has 74 valence electrons. The molecule has 14 heavy (non-hydrogen) atoms. The van der Waals surface area contributed by atoms with E-state index in [0.29, 0.717) is 16.7 Å². The van der Waals surface area contributed by atoms with Gasteiger partial charge in [0.15, 0.2) is 5.78 Å². The number of carbonyl (C=O) groups excluding carboxylic acids is 1. The molecule has 3 heteroatoms. The van der Waals surface area contributed by atoms with Gasteiger partial charge in [-0.15, -0.1) is 0 Å². The van der Waals surface area contributed by atoms with E-state index in [1.165, 1.54) is 0 Å². The second-order valence-corrected chi connectivity index (χ2v) is 5.41. The summed E-state index contributed by atoms with van der Waals surface area (Å²) in [4.78, 5) is 11.8. The van der Waals surface area contributed by atoms with Crippen LogP contribution in [0.4, 0.5) is 0 Å². The van der Waals surface area contributed by atoms with Crippen molar-refractivity contribution in [2.75, 3.05) is 0 Å². The third-order valence-electron chi connectivity index (χ3n) is 2.37. The van der Waals surface area contributed by atoms with Crippen LogP contribution in [-0.2, 0) is 5.75 Å². The van der Waals surface area contributed by atoms with Crippen molar-refractivity contribution >= 4 is 29.1 Å². The molecule has 0 fully saturated rings. The summed E-state index contributed by atoms with van der Waals surface area (Å²) in [6.07, 6.45) is 0.623. The lowest BCUT2D eigenvalue weighted by molar-refractivity contribution is 0.0983. The van der Waals surface area contributed by atoms with Crippen molar-refractivity contribution < 1.29 is 4.79 Å². The SMILES string of the molecule is CC1CC(=O)c2cc(Cl)ccc2CS1. The molecule has 0 saturated carbocycles. The van der Waals surface area contributed by atoms with Crippen LogP contribution < -0.4 is 0 Å². The highest BCUT2D eigenvalue weighted by atomic mass is 35.5. The number of hydrogen-bond acceptors (Lipinski definition) is 2. The summed E-state index contributed by atoms with van der Waals surface area (Å²) in [5, 5.41) is 1.06. The number of thioether (sulfide) groups is 1. The molecule has 1 atom stereocenters. The quantitative estimate of drug-likeness (QED) is 0.673. The predicted molar refractivity (Wildman–Crippen MR) is 61.2 cm³/mol. The van der Waals surface area contributed by atoms with Crippen molar-refractivity contribution in [3.05, 3.63) is 34.3 Å². The van der Waals surface area contributed by atoms with E-state index in [0.717, 1.165) is 16.9 Å². The van der Waals surface area contributed by atoms with Crippen LogP contribution in [0, 0.1) is 0 Å². The number of benzene rings is 1. The molecule has 0 aliphatic carbocycles. The third-order valence-corrected chi connectivity index (χ3v) is 3.82. The molecule has 1 aliphatic heterocycles. The molecule has 1 aliphatic rings. The zero-order valence-electron chi connectivity index (χ0n) is 7.92. The van der Waals surface area contributed by atoms with E-state index >= 15 is 0 Å². The van der Waals surface area contributed by atoms with E-state index in [-0.39, 0.29) is 5.78 Å². The highest BCUT2D eigenvalue weighted by Gasteiger charge is 2.19. The van der Waals surface area contributed by atoms with Gasteiger partial charge in [-0.1, -0.05) is 24.6 Å². The Balaban J connectivity index is 2.44. The summed E-state index contributed by atoms with van der Waals surface area (Å²) in [5.74, 6) is 1.14. The number of ketones is 1. The summed E-state index contributed by atoms with van der Waals surface area (Å²) in [5.41, 5.74) is 1.93. The fraction of sp³-hybridized carbons (Fsp3) is 0.364. The first kappa shape index (κ1) is 10.1. The monoisotopic (exact) mass is 226 g/mol. The summed E-state index contributed by atoms with van der Waals surface area (Å²) in [6.45, 7) is 2.09. The zero-order chi connectivity index (χ0) is 10.1. The Morgan fingerprint density at radius 2 is 2.29 bits per heavy atom. The predicted octanol–water partition coefficient (Wildman–Crippen LogP) is 3.55. The van der Waals surface area contributed by atoms with Gasteiger partial charge in [0, 0.05) is 28.0 Å². The molecule has 1 aromatic rings. The topological polar surface area (TPSA) is 17.1 Å². The van der Waals surface area contributed by atoms with Gasteiger partial charge in [-0.05, 0) is 17.7 Å². The Labute approximate surface area is 92.8 Å². The maximum atomic E-state index is 11.8. The summed E-state index contributed by atoms with van der Waals surface area (Å²) in [6, 6.07) is 5.60. The average molecular weight is 227 g/mol. The van der Waals surface area contributed by atoms with E-state index < -0.39 is 0 Å². The molecular weight excluding hydrogens is 216 g/mol. The minimum Gasteiger partial charge on any atom is -0.294 e. The van der Waals surface area contributed by atoms with Gasteiger partial charge in [0.1, 0.15) is 0 Å². The summed E-state index contributed by atoms with van der Waals surface area (Å²) in [7, 11) is 0. The highest BCUT2D eigenvalue weighted by Crippen LogP contribution is 2.30. The lowest BCUT2D eigenvalue weighted by Gasteiger charge is -2.03. The first-order valence-electron chi connectivity index (χ1n) is 4.60. The maximum Gasteiger partial charge on any atom is 0.164 e. The van der Waals surface area contributed by atoms with Crippen LogP contribution in [0.2, 0.25) is 5.02 Å². The van der Waals surface area contributed by atoms with Crippen LogP contribution in [0.5, 0.6) is 0 Å². The van der Waals surface area contributed by atoms with Gasteiger partial charge in [-0.2, -0.15) is 11.8 Å². The number of carbonyl (C=O) groups is 1. The molecule has 0 radical (unpaired) electrons. The average Bonchev–Trinajstić information content (AvgIpc) is 2.27. The fourth-order valence-electron chi connectivity index (χ4n) is 1.60. The zero-order valence-corrected chi connectivity index (χ0v) is 9.49. The van der Waals surface area contributed by atoms with E-state index in [4.69, 9.17) is 11.6 Å². The lowest BCUT2D eigenvalue weighted by Crippen LogP contribution is -2.05. The van der Waals surface area contributed by atoms with Gasteiger partial charge in [-0.3, -0.25) is 4.79 Å². The standard InChI is InChI=1S/C11H11ClOS/c1-7-4-11(13)10-5-9(12)3-2-8(10)6-14-7/h2-3,5,7H,4,6H2,1H3. The van der Waals surface area contributed by atoms with Crippen LogP contribution >= 0.6 is 23.4 Å². The van der Waals surface area contributed by atoms with E-state index in [1.807, 2.05) is 23.9 Å². The summed E-state index contributed by atoms with van der Waals surface area (Å²) >= 11 is 7.70. The van der Waals surface area contributed by atoms with Crippen molar-refractivity contribution in [1.82, 2.24) is 0 Å². The van der Waals surface area contributed by atoms with Gasteiger partial charge in [0.05, 0.1) is 0 Å². The largest absolute Gasteiger partial charge is 0.294 e. The first-order chi connectivity index (χ1) is 6.66. The van der Waals surface area contributed by atoms with E-state index in [2.05, 4.69) is 6.92 Å². The van der Waals surface area contributed by atoms with Gasteiger partial charge < -0.3 is 0 Å². The van der Waals surface area contributed by atoms with Crippen molar-refractivity contribution in [3.8, 4) is 0 Å². The van der Waals surface area contributed by atoms with Crippen LogP contribution in [-0.4, -0.2) is 11.0 Å². The van der Waals surface area contributed by atoms with Gasteiger partial charge in [-0.25, -0.2) is 0 Å². The molecule has 1 nitrogen and oxygen atoms in total. The second kappa shape index (κ2) is 3.95. The second-order valence-electron chi connectivity index (χ2n) is 3.55. The normalized spacial score (nSPS) is 21.6. The molecule has 1 aromatic carbocycles. The van der Waals surface area contributed by atoms with Gasteiger partial charge >= 0.3 is 0 Å². The summed E-state index contributed by atoms with van der Waals surface area (Å²) < 4.78 is 0. The molecule has 0 saturated heterocycles. The van der Waals surface area contributed by atoms with Crippen LogP contribution in [0.3, 0.4) is 0 Å². The van der Waals surface area contributed by atoms with Gasteiger partial charge in [0.25, 0.3) is 0 Å². The third kappa shape index (κ3) is 1.96. The van der Waals surface area contributed by atoms with E-state index in [9.17, 15) is 4.79 Å². The molecule has 0 spiro atoms. The molecule has 1 unspecified atom stereocenters. The number of fused-ring (bicyclic) bond motifs is 1. The number of rotatable bonds is 0. The Bertz CT molecular complexity index is 376. The number of Topliss-reactive ketones (excluding diaryl/α,β-unsaturated/α-hetero) is 1. The van der Waals surface area contributed by atoms with E-state index in [1.54, 1.807) is 6.07 Å². The first-order valence-corrected chi connectivity index (χ1v) is 6.02. The van der Waals surface area contributed by atoms with Gasteiger partial charge in [0.2, 0.25) is 0 Å². The highest BCUT2D eigenvalue weighted by molar-refractivity contribution is 7.99. The lowest BCUT2D eigenvalue weighted by atomic mass is 10.0. The van der Waals surface area contributed by atoms with Crippen LogP contribution in [0.15, 0.2) is 18.2 Å². The van der Waals surface area contributed by atoms with Crippen molar-refractivity contribution in [1.29, 1.82) is 0 Å². The Morgan fingerprint density at radius 1 is 1.50 bits per heavy atom. The molecular formula is C11H11ClOS. The Kier molecular flexibility index (Phi) is 2.84. The molecule has 0 aromatic heterocycles. The van der Waals surface area contributed by atoms with Crippen molar-refractivity contribution in [2.24, 2.45) is 0 Å². The molecule has 0 amide bonds. The molecule has 1 heterocycles. The Hall–Kier alpha value is -0.470. The minimum atomic E-state index is 0.222. The van der Waals surface area contributed by atoms with Crippen molar-refractivity contribution in [2.45, 2.75) is 24.3 Å². The van der Waals surface area contributed by atoms with Crippen LogP contribution in [0.25, 0.3) is 0 Å². The Morgan fingerprint density at radius 3 is 3.07 bits per heavy atom. The maximum absolute atomic E-state index is 11.8. The van der Waals surface area contributed by atoms with Crippen molar-refractivity contribution in [3.63, 3.8) is 0 Å². The smallest absolute Gasteiger partial charge is 0.164 e.